The van der Waals surface area contributed by atoms with E-state index in [0.29, 0.717) is 0 Å². The van der Waals surface area contributed by atoms with Crippen molar-refractivity contribution in [3.63, 3.8) is 0 Å². The second-order valence-electron chi connectivity index (χ2n) is 5.86. The van der Waals surface area contributed by atoms with Crippen molar-refractivity contribution in [2.24, 2.45) is 0 Å². The van der Waals surface area contributed by atoms with Crippen LogP contribution in [-0.4, -0.2) is 23.2 Å². The largest absolute Gasteiger partial charge is 0.394 e. The van der Waals surface area contributed by atoms with Crippen molar-refractivity contribution in [1.82, 2.24) is 5.32 Å². The van der Waals surface area contributed by atoms with Gasteiger partial charge in [0.05, 0.1) is 18.1 Å². The lowest BCUT2D eigenvalue weighted by Gasteiger charge is -2.37. The van der Waals surface area contributed by atoms with Gasteiger partial charge in [0, 0.05) is 0 Å². The molecular formula is C17H25NO2. The molecule has 3 nitrogen and oxygen atoms in total. The zero-order chi connectivity index (χ0) is 14.4. The number of benzene rings is 1. The predicted molar refractivity (Wildman–Crippen MR) is 80.5 cm³/mol. The first-order chi connectivity index (χ1) is 9.71. The van der Waals surface area contributed by atoms with Crippen LogP contribution in [0.4, 0.5) is 0 Å². The maximum atomic E-state index is 12.6. The highest BCUT2D eigenvalue weighted by Crippen LogP contribution is 2.29. The summed E-state index contributed by atoms with van der Waals surface area (Å²) in [4.78, 5) is 12.6. The Labute approximate surface area is 121 Å². The van der Waals surface area contributed by atoms with Gasteiger partial charge in [-0.15, -0.1) is 0 Å². The lowest BCUT2D eigenvalue weighted by Crippen LogP contribution is -2.53. The molecule has 1 atom stereocenters. The first-order valence-corrected chi connectivity index (χ1v) is 7.68. The number of amides is 1. The van der Waals surface area contributed by atoms with Gasteiger partial charge in [0.25, 0.3) is 0 Å². The highest BCUT2D eigenvalue weighted by Gasteiger charge is 2.34. The van der Waals surface area contributed by atoms with Crippen LogP contribution in [0.1, 0.15) is 56.9 Å². The molecule has 1 aliphatic rings. The molecular weight excluding hydrogens is 250 g/mol. The molecule has 110 valence electrons. The van der Waals surface area contributed by atoms with E-state index in [1.807, 2.05) is 37.3 Å². The molecule has 0 aromatic heterocycles. The smallest absolute Gasteiger partial charge is 0.228 e. The van der Waals surface area contributed by atoms with Crippen LogP contribution in [0.15, 0.2) is 30.3 Å². The molecule has 20 heavy (non-hydrogen) atoms. The molecule has 1 saturated carbocycles. The summed E-state index contributed by atoms with van der Waals surface area (Å²) >= 11 is 0. The van der Waals surface area contributed by atoms with Gasteiger partial charge in [-0.3, -0.25) is 4.79 Å². The zero-order valence-corrected chi connectivity index (χ0v) is 12.3. The number of aliphatic hydroxyl groups is 1. The maximum Gasteiger partial charge on any atom is 0.228 e. The normalized spacial score (nSPS) is 19.3. The summed E-state index contributed by atoms with van der Waals surface area (Å²) < 4.78 is 0. The summed E-state index contributed by atoms with van der Waals surface area (Å²) in [5.41, 5.74) is 0.661. The summed E-state index contributed by atoms with van der Waals surface area (Å²) in [7, 11) is 0. The Morgan fingerprint density at radius 2 is 1.90 bits per heavy atom. The molecule has 1 unspecified atom stereocenters. The van der Waals surface area contributed by atoms with E-state index in [0.717, 1.165) is 37.7 Å². The quantitative estimate of drug-likeness (QED) is 0.868. The van der Waals surface area contributed by atoms with Gasteiger partial charge in [0.15, 0.2) is 0 Å². The first-order valence-electron chi connectivity index (χ1n) is 7.68. The van der Waals surface area contributed by atoms with E-state index >= 15 is 0 Å². The van der Waals surface area contributed by atoms with E-state index in [-0.39, 0.29) is 18.4 Å². The van der Waals surface area contributed by atoms with E-state index in [9.17, 15) is 9.90 Å². The van der Waals surface area contributed by atoms with Crippen molar-refractivity contribution >= 4 is 5.91 Å². The fraction of sp³-hybridized carbons (Fsp3) is 0.588. The molecule has 2 N–H and O–H groups in total. The number of carbonyl (C=O) groups is 1. The standard InChI is InChI=1S/C17H25NO2/c1-2-15(14-9-5-3-6-10-14)16(20)18-17(13-19)11-7-4-8-12-17/h3,5-6,9-10,15,19H,2,4,7-8,11-13H2,1H3,(H,18,20). The van der Waals surface area contributed by atoms with Crippen LogP contribution in [0.5, 0.6) is 0 Å². The molecule has 0 radical (unpaired) electrons. The van der Waals surface area contributed by atoms with Crippen LogP contribution in [0.25, 0.3) is 0 Å². The van der Waals surface area contributed by atoms with Gasteiger partial charge in [-0.2, -0.15) is 0 Å². The third-order valence-electron chi connectivity index (χ3n) is 4.43. The molecule has 0 saturated heterocycles. The lowest BCUT2D eigenvalue weighted by molar-refractivity contribution is -0.125. The summed E-state index contributed by atoms with van der Waals surface area (Å²) in [6.07, 6.45) is 5.93. The molecule has 3 heteroatoms. The minimum atomic E-state index is -0.391. The Balaban J connectivity index is 2.09. The summed E-state index contributed by atoms with van der Waals surface area (Å²) in [5.74, 6) is -0.0730. The van der Waals surface area contributed by atoms with Crippen molar-refractivity contribution in [3.8, 4) is 0 Å². The average Bonchev–Trinajstić information content (AvgIpc) is 2.50. The molecule has 0 aliphatic heterocycles. The topological polar surface area (TPSA) is 49.3 Å². The fourth-order valence-electron chi connectivity index (χ4n) is 3.16. The van der Waals surface area contributed by atoms with Crippen molar-refractivity contribution in [2.45, 2.75) is 56.9 Å². The second-order valence-corrected chi connectivity index (χ2v) is 5.86. The average molecular weight is 275 g/mol. The van der Waals surface area contributed by atoms with Gasteiger partial charge in [-0.05, 0) is 24.8 Å². The molecule has 1 aromatic carbocycles. The van der Waals surface area contributed by atoms with Crippen molar-refractivity contribution in [1.29, 1.82) is 0 Å². The first kappa shape index (κ1) is 15.0. The Bertz CT molecular complexity index is 424. The summed E-state index contributed by atoms with van der Waals surface area (Å²) in [6.45, 7) is 2.08. The number of nitrogens with one attached hydrogen (secondary N) is 1. The molecule has 2 rings (SSSR count). The maximum absolute atomic E-state index is 12.6. The van der Waals surface area contributed by atoms with Crippen LogP contribution in [0, 0.1) is 0 Å². The number of aliphatic hydroxyl groups excluding tert-OH is 1. The van der Waals surface area contributed by atoms with Crippen molar-refractivity contribution in [3.05, 3.63) is 35.9 Å². The van der Waals surface area contributed by atoms with Crippen LogP contribution >= 0.6 is 0 Å². The second kappa shape index (κ2) is 6.89. The van der Waals surface area contributed by atoms with Gasteiger partial charge in [-0.25, -0.2) is 0 Å². The van der Waals surface area contributed by atoms with Gasteiger partial charge in [0.2, 0.25) is 5.91 Å². The van der Waals surface area contributed by atoms with Gasteiger partial charge in [0.1, 0.15) is 0 Å². The predicted octanol–water partition coefficient (Wildman–Crippen LogP) is 2.99. The number of hydrogen-bond donors (Lipinski definition) is 2. The zero-order valence-electron chi connectivity index (χ0n) is 12.3. The van der Waals surface area contributed by atoms with E-state index < -0.39 is 5.54 Å². The highest BCUT2D eigenvalue weighted by molar-refractivity contribution is 5.84. The van der Waals surface area contributed by atoms with E-state index in [2.05, 4.69) is 5.32 Å². The molecule has 1 aromatic rings. The Morgan fingerprint density at radius 1 is 1.25 bits per heavy atom. The number of carbonyl (C=O) groups excluding carboxylic acids is 1. The minimum absolute atomic E-state index is 0.0456. The summed E-state index contributed by atoms with van der Waals surface area (Å²) in [5, 5.41) is 12.8. The van der Waals surface area contributed by atoms with Gasteiger partial charge >= 0.3 is 0 Å². The number of hydrogen-bond acceptors (Lipinski definition) is 2. The van der Waals surface area contributed by atoms with Crippen molar-refractivity contribution < 1.29 is 9.90 Å². The molecule has 0 heterocycles. The fourth-order valence-corrected chi connectivity index (χ4v) is 3.16. The van der Waals surface area contributed by atoms with E-state index in [4.69, 9.17) is 0 Å². The Morgan fingerprint density at radius 3 is 2.45 bits per heavy atom. The van der Waals surface area contributed by atoms with Crippen molar-refractivity contribution in [2.75, 3.05) is 6.61 Å². The monoisotopic (exact) mass is 275 g/mol. The Kier molecular flexibility index (Phi) is 5.18. The SMILES string of the molecule is CCC(C(=O)NC1(CO)CCCCC1)c1ccccc1. The van der Waals surface area contributed by atoms with Gasteiger partial charge in [-0.1, -0.05) is 56.5 Å². The molecule has 0 spiro atoms. The number of rotatable bonds is 5. The van der Waals surface area contributed by atoms with Crippen LogP contribution < -0.4 is 5.32 Å². The third kappa shape index (κ3) is 3.40. The lowest BCUT2D eigenvalue weighted by atomic mass is 9.81. The molecule has 1 aliphatic carbocycles. The minimum Gasteiger partial charge on any atom is -0.394 e. The van der Waals surface area contributed by atoms with Crippen LogP contribution in [0.2, 0.25) is 0 Å². The molecule has 1 fully saturated rings. The van der Waals surface area contributed by atoms with E-state index in [1.165, 1.54) is 6.42 Å². The van der Waals surface area contributed by atoms with Gasteiger partial charge < -0.3 is 10.4 Å². The van der Waals surface area contributed by atoms with E-state index in [1.54, 1.807) is 0 Å². The van der Waals surface area contributed by atoms with Crippen LogP contribution in [-0.2, 0) is 4.79 Å². The molecule has 0 bridgehead atoms. The van der Waals surface area contributed by atoms with Crippen LogP contribution in [0.3, 0.4) is 0 Å². The summed E-state index contributed by atoms with van der Waals surface area (Å²) in [6, 6.07) is 9.90. The Hall–Kier alpha value is -1.35. The molecule has 1 amide bonds. The third-order valence-corrected chi connectivity index (χ3v) is 4.43. The highest BCUT2D eigenvalue weighted by atomic mass is 16.3.